The first-order valence-corrected chi connectivity index (χ1v) is 9.74. The Kier molecular flexibility index (Phi) is 5.45. The van der Waals surface area contributed by atoms with Gasteiger partial charge < -0.3 is 20.5 Å². The highest BCUT2D eigenvalue weighted by Crippen LogP contribution is 2.26. The van der Waals surface area contributed by atoms with E-state index in [1.807, 2.05) is 62.5 Å². The summed E-state index contributed by atoms with van der Waals surface area (Å²) in [5, 5.41) is 11.0. The van der Waals surface area contributed by atoms with Crippen molar-refractivity contribution in [1.29, 1.82) is 0 Å². The van der Waals surface area contributed by atoms with Gasteiger partial charge >= 0.3 is 0 Å². The summed E-state index contributed by atoms with van der Waals surface area (Å²) in [6.07, 6.45) is 3.51. The minimum absolute atomic E-state index is 0.102. The first-order valence-electron chi connectivity index (χ1n) is 9.74. The Morgan fingerprint density at radius 2 is 1.80 bits per heavy atom. The predicted molar refractivity (Wildman–Crippen MR) is 122 cm³/mol. The van der Waals surface area contributed by atoms with Crippen LogP contribution >= 0.6 is 0 Å². The summed E-state index contributed by atoms with van der Waals surface area (Å²) in [6, 6.07) is 15.7. The smallest absolute Gasteiger partial charge is 0.261 e. The van der Waals surface area contributed by atoms with Crippen molar-refractivity contribution in [2.75, 3.05) is 17.7 Å². The van der Waals surface area contributed by atoms with Gasteiger partial charge in [-0.3, -0.25) is 4.79 Å². The molecule has 0 saturated carbocycles. The number of hydrogen-bond donors (Lipinski definition) is 3. The lowest BCUT2D eigenvalue weighted by atomic mass is 10.1. The lowest BCUT2D eigenvalue weighted by Gasteiger charge is -2.13. The van der Waals surface area contributed by atoms with Crippen LogP contribution in [0, 0.1) is 6.92 Å². The van der Waals surface area contributed by atoms with Gasteiger partial charge in [-0.25, -0.2) is 9.97 Å². The second-order valence-electron chi connectivity index (χ2n) is 7.25. The normalized spacial score (nSPS) is 10.9. The molecule has 4 rings (SSSR count). The fourth-order valence-corrected chi connectivity index (χ4v) is 3.29. The number of nitrogens with one attached hydrogen (secondary N) is 3. The Labute approximate surface area is 174 Å². The molecule has 0 aliphatic carbocycles. The molecule has 0 radical (unpaired) electrons. The fourth-order valence-electron chi connectivity index (χ4n) is 3.29. The van der Waals surface area contributed by atoms with Crippen LogP contribution in [0.1, 0.15) is 11.1 Å². The van der Waals surface area contributed by atoms with Crippen molar-refractivity contribution >= 4 is 33.9 Å². The summed E-state index contributed by atoms with van der Waals surface area (Å²) < 4.78 is 1.56. The van der Waals surface area contributed by atoms with Gasteiger partial charge in [0.25, 0.3) is 5.56 Å². The molecule has 4 aromatic rings. The van der Waals surface area contributed by atoms with E-state index >= 15 is 0 Å². The summed E-state index contributed by atoms with van der Waals surface area (Å²) in [7, 11) is 3.65. The van der Waals surface area contributed by atoms with Crippen LogP contribution < -0.4 is 21.5 Å². The maximum atomic E-state index is 12.8. The van der Waals surface area contributed by atoms with Gasteiger partial charge in [0.15, 0.2) is 0 Å². The van der Waals surface area contributed by atoms with Crippen LogP contribution in [0.15, 0.2) is 65.7 Å². The first-order chi connectivity index (χ1) is 14.5. The topological polar surface area (TPSA) is 83.9 Å². The SMILES string of the molecule is CNCc1ccc(Nc2nc(Nc3cc(C)ccn3)cc3ccn(C)c(=O)c23)cc1. The molecule has 1 aromatic carbocycles. The molecule has 0 aliphatic heterocycles. The molecule has 3 heterocycles. The number of aromatic nitrogens is 3. The van der Waals surface area contributed by atoms with E-state index in [0.717, 1.165) is 23.2 Å². The molecule has 0 fully saturated rings. The van der Waals surface area contributed by atoms with Crippen LogP contribution in [-0.4, -0.2) is 21.6 Å². The molecule has 0 bridgehead atoms. The molecular weight excluding hydrogens is 376 g/mol. The van der Waals surface area contributed by atoms with Crippen LogP contribution in [0.4, 0.5) is 23.1 Å². The number of benzene rings is 1. The second kappa shape index (κ2) is 8.34. The van der Waals surface area contributed by atoms with Crippen LogP contribution in [-0.2, 0) is 13.6 Å². The third kappa shape index (κ3) is 4.16. The zero-order valence-corrected chi connectivity index (χ0v) is 17.2. The average Bonchev–Trinajstić information content (AvgIpc) is 2.72. The minimum Gasteiger partial charge on any atom is -0.339 e. The number of rotatable bonds is 6. The zero-order chi connectivity index (χ0) is 21.1. The van der Waals surface area contributed by atoms with Gasteiger partial charge in [0.2, 0.25) is 0 Å². The van der Waals surface area contributed by atoms with Crippen molar-refractivity contribution in [3.05, 3.63) is 82.4 Å². The van der Waals surface area contributed by atoms with E-state index in [-0.39, 0.29) is 5.56 Å². The molecule has 0 amide bonds. The molecule has 7 nitrogen and oxygen atoms in total. The van der Waals surface area contributed by atoms with Gasteiger partial charge in [-0.05, 0) is 66.9 Å². The summed E-state index contributed by atoms with van der Waals surface area (Å²) in [5.41, 5.74) is 3.04. The molecule has 3 aromatic heterocycles. The second-order valence-corrected chi connectivity index (χ2v) is 7.25. The third-order valence-corrected chi connectivity index (χ3v) is 4.83. The average molecular weight is 400 g/mol. The maximum absolute atomic E-state index is 12.8. The number of fused-ring (bicyclic) bond motifs is 1. The Morgan fingerprint density at radius 3 is 2.53 bits per heavy atom. The van der Waals surface area contributed by atoms with Crippen molar-refractivity contribution in [2.45, 2.75) is 13.5 Å². The van der Waals surface area contributed by atoms with Crippen LogP contribution in [0.3, 0.4) is 0 Å². The monoisotopic (exact) mass is 400 g/mol. The first kappa shape index (κ1) is 19.6. The number of pyridine rings is 3. The van der Waals surface area contributed by atoms with E-state index in [4.69, 9.17) is 4.98 Å². The fraction of sp³-hybridized carbons (Fsp3) is 0.174. The van der Waals surface area contributed by atoms with Crippen molar-refractivity contribution in [3.63, 3.8) is 0 Å². The van der Waals surface area contributed by atoms with E-state index in [1.54, 1.807) is 24.0 Å². The van der Waals surface area contributed by atoms with Crippen LogP contribution in [0.2, 0.25) is 0 Å². The zero-order valence-electron chi connectivity index (χ0n) is 17.2. The summed E-state index contributed by atoms with van der Waals surface area (Å²) in [5.74, 6) is 1.82. The quantitative estimate of drug-likeness (QED) is 0.456. The summed E-state index contributed by atoms with van der Waals surface area (Å²) in [6.45, 7) is 2.81. The standard InChI is InChI=1S/C23H24N6O/c1-15-8-10-25-19(12-15)27-20-13-17-9-11-29(3)23(30)21(17)22(28-20)26-18-6-4-16(5-7-18)14-24-2/h4-13,24H,14H2,1-3H3,(H2,25,26,27,28). The lowest BCUT2D eigenvalue weighted by molar-refractivity contribution is 0.818. The Morgan fingerprint density at radius 1 is 1.00 bits per heavy atom. The molecule has 0 unspecified atom stereocenters. The van der Waals surface area contributed by atoms with Crippen molar-refractivity contribution in [1.82, 2.24) is 19.9 Å². The molecule has 7 heteroatoms. The van der Waals surface area contributed by atoms with Gasteiger partial charge in [0, 0.05) is 31.7 Å². The molecular formula is C23H24N6O. The van der Waals surface area contributed by atoms with Crippen molar-refractivity contribution in [3.8, 4) is 0 Å². The van der Waals surface area contributed by atoms with E-state index < -0.39 is 0 Å². The van der Waals surface area contributed by atoms with Gasteiger partial charge in [0.1, 0.15) is 17.5 Å². The molecule has 30 heavy (non-hydrogen) atoms. The number of anilines is 4. The molecule has 3 N–H and O–H groups in total. The summed E-state index contributed by atoms with van der Waals surface area (Å²) >= 11 is 0. The molecule has 0 spiro atoms. The largest absolute Gasteiger partial charge is 0.339 e. The number of hydrogen-bond acceptors (Lipinski definition) is 6. The van der Waals surface area contributed by atoms with E-state index in [2.05, 4.69) is 20.9 Å². The maximum Gasteiger partial charge on any atom is 0.261 e. The highest BCUT2D eigenvalue weighted by Gasteiger charge is 2.12. The van der Waals surface area contributed by atoms with Crippen molar-refractivity contribution < 1.29 is 0 Å². The van der Waals surface area contributed by atoms with Gasteiger partial charge in [-0.1, -0.05) is 12.1 Å². The molecule has 0 atom stereocenters. The van der Waals surface area contributed by atoms with E-state index in [1.165, 1.54) is 5.56 Å². The van der Waals surface area contributed by atoms with Crippen LogP contribution in [0.5, 0.6) is 0 Å². The lowest BCUT2D eigenvalue weighted by Crippen LogP contribution is -2.17. The molecule has 0 aliphatic rings. The third-order valence-electron chi connectivity index (χ3n) is 4.83. The van der Waals surface area contributed by atoms with Gasteiger partial charge in [-0.2, -0.15) is 0 Å². The minimum atomic E-state index is -0.102. The Balaban J connectivity index is 1.77. The van der Waals surface area contributed by atoms with Gasteiger partial charge in [0.05, 0.1) is 5.39 Å². The Bertz CT molecular complexity index is 1250. The van der Waals surface area contributed by atoms with Crippen LogP contribution in [0.25, 0.3) is 10.8 Å². The van der Waals surface area contributed by atoms with Gasteiger partial charge in [-0.15, -0.1) is 0 Å². The molecule has 152 valence electrons. The Hall–Kier alpha value is -3.71. The van der Waals surface area contributed by atoms with E-state index in [9.17, 15) is 4.79 Å². The predicted octanol–water partition coefficient (Wildman–Crippen LogP) is 3.84. The van der Waals surface area contributed by atoms with E-state index in [0.29, 0.717) is 22.8 Å². The number of nitrogens with zero attached hydrogens (tertiary/aromatic N) is 3. The number of aryl methyl sites for hydroxylation is 2. The van der Waals surface area contributed by atoms with Crippen molar-refractivity contribution in [2.24, 2.45) is 7.05 Å². The highest BCUT2D eigenvalue weighted by molar-refractivity contribution is 5.94. The highest BCUT2D eigenvalue weighted by atomic mass is 16.1. The summed E-state index contributed by atoms with van der Waals surface area (Å²) in [4.78, 5) is 21.9. The molecule has 0 saturated heterocycles.